The van der Waals surface area contributed by atoms with Gasteiger partial charge in [0.1, 0.15) is 23.1 Å². The number of halogens is 5. The number of amides is 1. The first-order valence-electron chi connectivity index (χ1n) is 10.1. The van der Waals surface area contributed by atoms with Gasteiger partial charge < -0.3 is 9.84 Å². The first kappa shape index (κ1) is 23.9. The Morgan fingerprint density at radius 2 is 1.63 bits per heavy atom. The molecule has 0 saturated carbocycles. The lowest BCUT2D eigenvalue weighted by Gasteiger charge is -2.26. The quantitative estimate of drug-likeness (QED) is 0.224. The lowest BCUT2D eigenvalue weighted by Crippen LogP contribution is -2.30. The Bertz CT molecular complexity index is 1350. The molecular weight excluding hydrogens is 473 g/mol. The van der Waals surface area contributed by atoms with Gasteiger partial charge in [0, 0.05) is 11.3 Å². The number of aliphatic hydroxyl groups excluding tert-OH is 1. The summed E-state index contributed by atoms with van der Waals surface area (Å²) in [7, 11) is 1.24. The highest BCUT2D eigenvalue weighted by molar-refractivity contribution is 6.51. The first-order valence-corrected chi connectivity index (χ1v) is 10.1. The highest BCUT2D eigenvalue weighted by Gasteiger charge is 2.48. The summed E-state index contributed by atoms with van der Waals surface area (Å²) in [4.78, 5) is 26.9. The minimum Gasteiger partial charge on any atom is -0.507 e. The fourth-order valence-corrected chi connectivity index (χ4v) is 3.91. The molecule has 1 unspecified atom stereocenters. The van der Waals surface area contributed by atoms with Crippen LogP contribution in [0, 0.1) is 11.6 Å². The summed E-state index contributed by atoms with van der Waals surface area (Å²) in [5, 5.41) is 11.0. The SMILES string of the molecule is COc1ccc(F)cc1/C(O)=C1\C(=O)C(=O)N(c2ccc(C(F)(F)F)cc2)C1c1ccccc1F. The molecule has 1 atom stereocenters. The Hall–Kier alpha value is -4.21. The van der Waals surface area contributed by atoms with E-state index in [0.29, 0.717) is 12.1 Å². The van der Waals surface area contributed by atoms with Crippen LogP contribution in [0.2, 0.25) is 0 Å². The predicted octanol–water partition coefficient (Wildman–Crippen LogP) is 5.62. The lowest BCUT2D eigenvalue weighted by molar-refractivity contribution is -0.137. The number of carbonyl (C=O) groups excluding carboxylic acids is 2. The standard InChI is InChI=1S/C25H16F5NO4/c1-35-19-11-8-14(26)12-17(19)22(32)20-21(16-4-2-3-5-18(16)27)31(24(34)23(20)33)15-9-6-13(7-10-15)25(28,29)30/h2-12,21,32H,1H3/b22-20+. The fourth-order valence-electron chi connectivity index (χ4n) is 3.91. The van der Waals surface area contributed by atoms with Gasteiger partial charge in [0.05, 0.1) is 29.9 Å². The monoisotopic (exact) mass is 489 g/mol. The highest BCUT2D eigenvalue weighted by atomic mass is 19.4. The number of hydrogen-bond acceptors (Lipinski definition) is 4. The molecule has 5 nitrogen and oxygen atoms in total. The van der Waals surface area contributed by atoms with Crippen LogP contribution >= 0.6 is 0 Å². The van der Waals surface area contributed by atoms with Crippen molar-refractivity contribution >= 4 is 23.1 Å². The fraction of sp³-hybridized carbons (Fsp3) is 0.120. The highest BCUT2D eigenvalue weighted by Crippen LogP contribution is 2.44. The number of hydrogen-bond donors (Lipinski definition) is 1. The molecule has 35 heavy (non-hydrogen) atoms. The van der Waals surface area contributed by atoms with Gasteiger partial charge in [0.15, 0.2) is 0 Å². The van der Waals surface area contributed by atoms with Crippen LogP contribution in [-0.2, 0) is 15.8 Å². The predicted molar refractivity (Wildman–Crippen MR) is 116 cm³/mol. The minimum atomic E-state index is -4.65. The van der Waals surface area contributed by atoms with E-state index in [1.54, 1.807) is 0 Å². The van der Waals surface area contributed by atoms with Crippen molar-refractivity contribution in [2.75, 3.05) is 12.0 Å². The number of ketones is 1. The van der Waals surface area contributed by atoms with Gasteiger partial charge in [-0.1, -0.05) is 18.2 Å². The van der Waals surface area contributed by atoms with E-state index in [9.17, 15) is 36.6 Å². The third kappa shape index (κ3) is 4.23. The lowest BCUT2D eigenvalue weighted by atomic mass is 9.94. The number of ether oxygens (including phenoxy) is 1. The van der Waals surface area contributed by atoms with Crippen molar-refractivity contribution in [3.8, 4) is 5.75 Å². The third-order valence-corrected chi connectivity index (χ3v) is 5.53. The van der Waals surface area contributed by atoms with Gasteiger partial charge in [-0.15, -0.1) is 0 Å². The molecule has 4 rings (SSSR count). The molecule has 3 aromatic rings. The molecule has 0 radical (unpaired) electrons. The van der Waals surface area contributed by atoms with Crippen molar-refractivity contribution in [1.82, 2.24) is 0 Å². The summed E-state index contributed by atoms with van der Waals surface area (Å²) in [5.41, 5.74) is -2.19. The second-order valence-electron chi connectivity index (χ2n) is 7.58. The number of nitrogens with zero attached hydrogens (tertiary/aromatic N) is 1. The number of alkyl halides is 3. The van der Waals surface area contributed by atoms with Crippen LogP contribution in [-0.4, -0.2) is 23.9 Å². The molecule has 1 aliphatic heterocycles. The maximum atomic E-state index is 14.9. The van der Waals surface area contributed by atoms with Gasteiger partial charge in [0.25, 0.3) is 11.7 Å². The summed E-state index contributed by atoms with van der Waals surface area (Å²) in [5.74, 6) is -4.93. The summed E-state index contributed by atoms with van der Waals surface area (Å²) >= 11 is 0. The van der Waals surface area contributed by atoms with E-state index in [-0.39, 0.29) is 22.6 Å². The summed E-state index contributed by atoms with van der Waals surface area (Å²) in [6, 6.07) is 10.0. The van der Waals surface area contributed by atoms with Crippen LogP contribution < -0.4 is 9.64 Å². The van der Waals surface area contributed by atoms with Crippen LogP contribution in [0.1, 0.15) is 22.7 Å². The Labute approximate surface area is 195 Å². The number of rotatable bonds is 4. The first-order chi connectivity index (χ1) is 16.5. The van der Waals surface area contributed by atoms with E-state index in [1.165, 1.54) is 31.4 Å². The van der Waals surface area contributed by atoms with Crippen molar-refractivity contribution in [3.63, 3.8) is 0 Å². The largest absolute Gasteiger partial charge is 0.507 e. The zero-order valence-corrected chi connectivity index (χ0v) is 17.9. The summed E-state index contributed by atoms with van der Waals surface area (Å²) < 4.78 is 73.0. The van der Waals surface area contributed by atoms with E-state index in [4.69, 9.17) is 4.74 Å². The minimum absolute atomic E-state index is 0.0306. The van der Waals surface area contributed by atoms with Gasteiger partial charge in [-0.05, 0) is 48.5 Å². The van der Waals surface area contributed by atoms with E-state index < -0.39 is 52.4 Å². The van der Waals surface area contributed by atoms with Gasteiger partial charge >= 0.3 is 6.18 Å². The molecule has 0 spiro atoms. The molecule has 1 N–H and O–H groups in total. The molecule has 1 aliphatic rings. The van der Waals surface area contributed by atoms with Crippen molar-refractivity contribution in [2.24, 2.45) is 0 Å². The molecule has 0 bridgehead atoms. The molecule has 1 heterocycles. The number of anilines is 1. The van der Waals surface area contributed by atoms with Crippen LogP contribution in [0.3, 0.4) is 0 Å². The molecule has 0 aromatic heterocycles. The number of methoxy groups -OCH3 is 1. The third-order valence-electron chi connectivity index (χ3n) is 5.53. The van der Waals surface area contributed by atoms with Crippen molar-refractivity contribution < 1.29 is 41.4 Å². The molecule has 180 valence electrons. The van der Waals surface area contributed by atoms with E-state index in [0.717, 1.165) is 35.2 Å². The van der Waals surface area contributed by atoms with Crippen molar-refractivity contribution in [3.05, 3.63) is 101 Å². The molecule has 1 fully saturated rings. The second-order valence-corrected chi connectivity index (χ2v) is 7.58. The van der Waals surface area contributed by atoms with Crippen LogP contribution in [0.5, 0.6) is 5.75 Å². The molecule has 1 amide bonds. The van der Waals surface area contributed by atoms with E-state index in [2.05, 4.69) is 0 Å². The Balaban J connectivity index is 1.97. The van der Waals surface area contributed by atoms with Gasteiger partial charge in [-0.3, -0.25) is 14.5 Å². The Morgan fingerprint density at radius 1 is 0.971 bits per heavy atom. The normalized spacial score (nSPS) is 17.7. The van der Waals surface area contributed by atoms with Gasteiger partial charge in [0.2, 0.25) is 0 Å². The number of carbonyl (C=O) groups is 2. The van der Waals surface area contributed by atoms with Gasteiger partial charge in [-0.25, -0.2) is 8.78 Å². The molecular formula is C25H16F5NO4. The average Bonchev–Trinajstić information content (AvgIpc) is 3.08. The van der Waals surface area contributed by atoms with E-state index in [1.807, 2.05) is 0 Å². The summed E-state index contributed by atoms with van der Waals surface area (Å²) in [6.07, 6.45) is -4.65. The number of Topliss-reactive ketones (excluding diaryl/α,β-unsaturated/α-hetero) is 1. The van der Waals surface area contributed by atoms with Crippen LogP contribution in [0.4, 0.5) is 27.6 Å². The maximum absolute atomic E-state index is 14.9. The van der Waals surface area contributed by atoms with Crippen LogP contribution in [0.25, 0.3) is 5.76 Å². The average molecular weight is 489 g/mol. The molecule has 10 heteroatoms. The number of aliphatic hydroxyl groups is 1. The Kier molecular flexibility index (Phi) is 6.06. The smallest absolute Gasteiger partial charge is 0.416 e. The molecule has 3 aromatic carbocycles. The molecule has 0 aliphatic carbocycles. The zero-order valence-electron chi connectivity index (χ0n) is 17.9. The van der Waals surface area contributed by atoms with Gasteiger partial charge in [-0.2, -0.15) is 13.2 Å². The second kappa shape index (κ2) is 8.86. The van der Waals surface area contributed by atoms with E-state index >= 15 is 0 Å². The number of benzene rings is 3. The maximum Gasteiger partial charge on any atom is 0.416 e. The topological polar surface area (TPSA) is 66.8 Å². The summed E-state index contributed by atoms with van der Waals surface area (Å²) in [6.45, 7) is 0. The van der Waals surface area contributed by atoms with Crippen molar-refractivity contribution in [2.45, 2.75) is 12.2 Å². The van der Waals surface area contributed by atoms with Crippen LogP contribution in [0.15, 0.2) is 72.3 Å². The van der Waals surface area contributed by atoms with Crippen molar-refractivity contribution in [1.29, 1.82) is 0 Å². The molecule has 1 saturated heterocycles. The zero-order chi connectivity index (χ0) is 25.5. The Morgan fingerprint density at radius 3 is 2.23 bits per heavy atom.